The smallest absolute Gasteiger partial charge is 0.321 e. The molecule has 0 unspecified atom stereocenters. The normalized spacial score (nSPS) is 13.8. The van der Waals surface area contributed by atoms with Gasteiger partial charge in [-0.2, -0.15) is 0 Å². The molecule has 7 nitrogen and oxygen atoms in total. The minimum Gasteiger partial charge on any atom is -0.351 e. The molecule has 1 N–H and O–H groups in total. The zero-order valence-electron chi connectivity index (χ0n) is 19.8. The Hall–Kier alpha value is -4.07. The molecule has 1 fully saturated rings. The number of urea groups is 1. The van der Waals surface area contributed by atoms with Crippen LogP contribution >= 0.6 is 0 Å². The molecule has 4 aromatic rings. The minimum atomic E-state index is -0.282. The summed E-state index contributed by atoms with van der Waals surface area (Å²) in [5, 5.41) is 2.99. The highest BCUT2D eigenvalue weighted by Gasteiger charge is 2.24. The van der Waals surface area contributed by atoms with Gasteiger partial charge in [0.2, 0.25) is 0 Å². The number of aryl methyl sites for hydroxylation is 2. The quantitative estimate of drug-likeness (QED) is 0.452. The number of benzene rings is 2. The van der Waals surface area contributed by atoms with Crippen LogP contribution in [0.3, 0.4) is 0 Å². The maximum absolute atomic E-state index is 13.4. The van der Waals surface area contributed by atoms with E-state index in [-0.39, 0.29) is 11.8 Å². The first-order valence-electron chi connectivity index (χ1n) is 11.8. The largest absolute Gasteiger partial charge is 0.351 e. The number of pyridine rings is 1. The summed E-state index contributed by atoms with van der Waals surface area (Å²) in [6.07, 6.45) is 0.710. The van der Waals surface area contributed by atoms with E-state index in [9.17, 15) is 9.18 Å². The maximum atomic E-state index is 13.4. The third-order valence-electron chi connectivity index (χ3n) is 6.16. The van der Waals surface area contributed by atoms with Crippen molar-refractivity contribution in [2.45, 2.75) is 20.3 Å². The highest BCUT2D eigenvalue weighted by molar-refractivity contribution is 5.90. The number of nitrogens with zero attached hydrogens (tertiary/aromatic N) is 5. The van der Waals surface area contributed by atoms with E-state index >= 15 is 0 Å². The standard InChI is InChI=1S/C27H27FN6O/c1-3-24-30-23-12-11-22(19-7-9-20(28)10-8-19)31-25(23)26(32-24)33-13-15-34(16-14-33)27(35)29-21-6-4-5-18(2)17-21/h4-12,17H,3,13-16H2,1-2H3,(H,29,35). The Bertz CT molecular complexity index is 1370. The molecular formula is C27H27FN6O. The van der Waals surface area contributed by atoms with Crippen LogP contribution in [0.2, 0.25) is 0 Å². The number of carbonyl (C=O) groups is 1. The van der Waals surface area contributed by atoms with Crippen molar-refractivity contribution >= 4 is 28.6 Å². The van der Waals surface area contributed by atoms with E-state index in [1.165, 1.54) is 12.1 Å². The van der Waals surface area contributed by atoms with Crippen LogP contribution in [0.4, 0.5) is 20.7 Å². The molecule has 0 radical (unpaired) electrons. The van der Waals surface area contributed by atoms with Gasteiger partial charge in [0.1, 0.15) is 17.2 Å². The number of hydrogen-bond acceptors (Lipinski definition) is 5. The van der Waals surface area contributed by atoms with E-state index in [1.54, 1.807) is 12.1 Å². The fourth-order valence-corrected chi connectivity index (χ4v) is 4.25. The van der Waals surface area contributed by atoms with Gasteiger partial charge < -0.3 is 15.1 Å². The van der Waals surface area contributed by atoms with Gasteiger partial charge in [0, 0.05) is 43.9 Å². The van der Waals surface area contributed by atoms with Crippen molar-refractivity contribution in [2.75, 3.05) is 36.4 Å². The van der Waals surface area contributed by atoms with E-state index in [0.717, 1.165) is 39.7 Å². The third-order valence-corrected chi connectivity index (χ3v) is 6.16. The predicted octanol–water partition coefficient (Wildman–Crippen LogP) is 5.06. The topological polar surface area (TPSA) is 74.2 Å². The summed E-state index contributed by atoms with van der Waals surface area (Å²) >= 11 is 0. The van der Waals surface area contributed by atoms with Crippen molar-refractivity contribution in [3.05, 3.63) is 77.9 Å². The molecule has 0 bridgehead atoms. The number of rotatable bonds is 4. The fraction of sp³-hybridized carbons (Fsp3) is 0.259. The Morgan fingerprint density at radius 1 is 0.971 bits per heavy atom. The van der Waals surface area contributed by atoms with E-state index in [2.05, 4.69) is 15.2 Å². The minimum absolute atomic E-state index is 0.103. The average molecular weight is 471 g/mol. The molecule has 0 aliphatic carbocycles. The van der Waals surface area contributed by atoms with Crippen LogP contribution in [0.5, 0.6) is 0 Å². The van der Waals surface area contributed by atoms with Gasteiger partial charge in [-0.25, -0.2) is 24.1 Å². The second-order valence-electron chi connectivity index (χ2n) is 8.66. The van der Waals surface area contributed by atoms with E-state index in [1.807, 2.05) is 55.1 Å². The van der Waals surface area contributed by atoms with Gasteiger partial charge in [-0.1, -0.05) is 19.1 Å². The number of fused-ring (bicyclic) bond motifs is 1. The molecule has 2 amide bonds. The SMILES string of the molecule is CCc1nc(N2CCN(C(=O)Nc3cccc(C)c3)CC2)c2nc(-c3ccc(F)cc3)ccc2n1. The second-order valence-corrected chi connectivity index (χ2v) is 8.66. The lowest BCUT2D eigenvalue weighted by Gasteiger charge is -2.35. The van der Waals surface area contributed by atoms with Gasteiger partial charge in [-0.05, 0) is 61.0 Å². The van der Waals surface area contributed by atoms with Crippen LogP contribution in [0.25, 0.3) is 22.3 Å². The summed E-state index contributed by atoms with van der Waals surface area (Å²) in [7, 11) is 0. The summed E-state index contributed by atoms with van der Waals surface area (Å²) in [5.74, 6) is 1.24. The van der Waals surface area contributed by atoms with Crippen LogP contribution in [0.15, 0.2) is 60.7 Å². The number of anilines is 2. The van der Waals surface area contributed by atoms with Crippen molar-refractivity contribution in [2.24, 2.45) is 0 Å². The van der Waals surface area contributed by atoms with Gasteiger partial charge in [-0.15, -0.1) is 0 Å². The first kappa shape index (κ1) is 22.7. The summed E-state index contributed by atoms with van der Waals surface area (Å²) in [5.41, 5.74) is 4.95. The number of hydrogen-bond donors (Lipinski definition) is 1. The second kappa shape index (κ2) is 9.66. The number of aromatic nitrogens is 3. The first-order valence-corrected chi connectivity index (χ1v) is 11.8. The summed E-state index contributed by atoms with van der Waals surface area (Å²) in [6.45, 7) is 6.45. The van der Waals surface area contributed by atoms with Crippen LogP contribution in [0, 0.1) is 12.7 Å². The van der Waals surface area contributed by atoms with Crippen LogP contribution < -0.4 is 10.2 Å². The van der Waals surface area contributed by atoms with E-state index in [4.69, 9.17) is 9.97 Å². The maximum Gasteiger partial charge on any atom is 0.321 e. The molecule has 8 heteroatoms. The number of amides is 2. The van der Waals surface area contributed by atoms with E-state index < -0.39 is 0 Å². The van der Waals surface area contributed by atoms with E-state index in [0.29, 0.717) is 38.1 Å². The Morgan fingerprint density at radius 3 is 2.46 bits per heavy atom. The molecule has 1 saturated heterocycles. The first-order chi connectivity index (χ1) is 17.0. The monoisotopic (exact) mass is 470 g/mol. The Kier molecular flexibility index (Phi) is 6.27. The van der Waals surface area contributed by atoms with Crippen LogP contribution in [0.1, 0.15) is 18.3 Å². The molecule has 0 spiro atoms. The molecule has 35 heavy (non-hydrogen) atoms. The lowest BCUT2D eigenvalue weighted by molar-refractivity contribution is 0.208. The van der Waals surface area contributed by atoms with Gasteiger partial charge in [-0.3, -0.25) is 0 Å². The predicted molar refractivity (Wildman–Crippen MR) is 136 cm³/mol. The van der Waals surface area contributed by atoms with Crippen molar-refractivity contribution in [1.29, 1.82) is 0 Å². The summed E-state index contributed by atoms with van der Waals surface area (Å²) < 4.78 is 13.4. The molecule has 0 atom stereocenters. The van der Waals surface area contributed by atoms with Gasteiger partial charge in [0.15, 0.2) is 5.82 Å². The molecule has 2 aromatic heterocycles. The summed E-state index contributed by atoms with van der Waals surface area (Å²) in [4.78, 5) is 31.1. The van der Waals surface area contributed by atoms with Crippen LogP contribution in [-0.4, -0.2) is 52.1 Å². The Balaban J connectivity index is 1.38. The average Bonchev–Trinajstić information content (AvgIpc) is 2.88. The molecule has 5 rings (SSSR count). The zero-order chi connectivity index (χ0) is 24.4. The van der Waals surface area contributed by atoms with Crippen molar-refractivity contribution in [3.63, 3.8) is 0 Å². The highest BCUT2D eigenvalue weighted by Crippen LogP contribution is 2.27. The van der Waals surface area contributed by atoms with Crippen molar-refractivity contribution in [3.8, 4) is 11.3 Å². The lowest BCUT2D eigenvalue weighted by atomic mass is 10.1. The number of nitrogens with one attached hydrogen (secondary N) is 1. The Morgan fingerprint density at radius 2 is 1.74 bits per heavy atom. The molecule has 1 aliphatic heterocycles. The number of piperazine rings is 1. The third kappa shape index (κ3) is 4.91. The van der Waals surface area contributed by atoms with Crippen LogP contribution in [-0.2, 0) is 6.42 Å². The highest BCUT2D eigenvalue weighted by atomic mass is 19.1. The van der Waals surface area contributed by atoms with Gasteiger partial charge in [0.05, 0.1) is 11.2 Å². The summed E-state index contributed by atoms with van der Waals surface area (Å²) in [6, 6.07) is 17.8. The molecule has 0 saturated carbocycles. The fourth-order valence-electron chi connectivity index (χ4n) is 4.25. The van der Waals surface area contributed by atoms with Crippen molar-refractivity contribution in [1.82, 2.24) is 19.9 Å². The molecule has 1 aliphatic rings. The Labute approximate surface area is 203 Å². The van der Waals surface area contributed by atoms with Gasteiger partial charge >= 0.3 is 6.03 Å². The molecule has 2 aromatic carbocycles. The number of carbonyl (C=O) groups excluding carboxylic acids is 1. The molecule has 178 valence electrons. The zero-order valence-corrected chi connectivity index (χ0v) is 19.8. The molecular weight excluding hydrogens is 443 g/mol. The number of halogens is 1. The molecule has 3 heterocycles. The van der Waals surface area contributed by atoms with Gasteiger partial charge in [0.25, 0.3) is 0 Å². The lowest BCUT2D eigenvalue weighted by Crippen LogP contribution is -2.50. The van der Waals surface area contributed by atoms with Crippen molar-refractivity contribution < 1.29 is 9.18 Å².